The summed E-state index contributed by atoms with van der Waals surface area (Å²) in [6.45, 7) is 2.03. The number of hydrogen-bond acceptors (Lipinski definition) is 16. The first-order valence-electron chi connectivity index (χ1n) is 27.8. The molecule has 0 radical (unpaired) electrons. The Morgan fingerprint density at radius 2 is 0.640 bits per heavy atom. The summed E-state index contributed by atoms with van der Waals surface area (Å²) in [5, 5.41) is 18.4. The monoisotopic (exact) mass is 1180 g/mol. The van der Waals surface area contributed by atoms with Crippen molar-refractivity contribution in [1.29, 1.82) is 0 Å². The Labute approximate surface area is 505 Å². The van der Waals surface area contributed by atoms with Gasteiger partial charge in [-0.15, -0.1) is 0 Å². The predicted octanol–water partition coefficient (Wildman–Crippen LogP) is 17.8. The number of carbonyl (C=O) groups is 4. The fourth-order valence-electron chi connectivity index (χ4n) is 13.3. The molecule has 14 aromatic rings. The van der Waals surface area contributed by atoms with Gasteiger partial charge in [-0.1, -0.05) is 103 Å². The number of nitrogens with one attached hydrogen (secondary N) is 4. The van der Waals surface area contributed by atoms with E-state index in [2.05, 4.69) is 39.5 Å². The maximum Gasteiger partial charge on any atom is 0.196 e. The standard InChI is InChI=1S/C70H38N8O4S4/c1-32-48(72-45-19-3-11-37-56(45)68(80)41-15-7-23-52-60(41)64(37)76-84-52)29-33(30-49(32)73-46-20-4-12-38-57(46)69(81)42-16-8-24-53-61(42)65(38)77-85-53)28-34-26-27-35(71-44-18-2-10-36-55(44)67(79)40-14-6-22-51-59(40)63(36)75-83-51)31-50(34)74-47-21-5-13-39-58(47)70(82)43-17-9-25-54-62(43)66(39)78-86-54/h2-27,29-31,71-74H,28H2,1H3. The van der Waals surface area contributed by atoms with Crippen molar-refractivity contribution in [2.45, 2.75) is 13.3 Å². The number of hydrogen-bond donors (Lipinski definition) is 4. The van der Waals surface area contributed by atoms with E-state index in [0.717, 1.165) is 113 Å². The van der Waals surface area contributed by atoms with Gasteiger partial charge in [-0.05, 0) is 149 Å². The number of anilines is 8. The number of carbonyl (C=O) groups excluding carboxylic acids is 4. The molecule has 4 N–H and O–H groups in total. The zero-order chi connectivity index (χ0) is 57.2. The normalized spacial score (nSPS) is 13.1. The van der Waals surface area contributed by atoms with Crippen LogP contribution in [0.15, 0.2) is 176 Å². The molecule has 4 aliphatic carbocycles. The van der Waals surface area contributed by atoms with Crippen molar-refractivity contribution in [1.82, 2.24) is 17.5 Å². The van der Waals surface area contributed by atoms with E-state index in [0.29, 0.717) is 85.1 Å². The average molecular weight is 1180 g/mol. The van der Waals surface area contributed by atoms with Crippen LogP contribution in [0.3, 0.4) is 0 Å². The molecule has 18 rings (SSSR count). The SMILES string of the molecule is Cc1c(Nc2cccc3c2C(=O)c2cccc4snc-3c24)cc(Cc2ccc(Nc3cccc4c3C(=O)c3cccc5snc-4c35)cc2Nc2cccc3c2C(=O)c2cccc4snc-3c24)cc1Nc1cccc2c1C(=O)c1cccc3snc-2c13. The Kier molecular flexibility index (Phi) is 10.5. The first-order valence-corrected chi connectivity index (χ1v) is 30.9. The summed E-state index contributed by atoms with van der Waals surface area (Å²) in [5.41, 5.74) is 18.8. The van der Waals surface area contributed by atoms with Crippen LogP contribution in [0.25, 0.3) is 85.4 Å². The second-order valence-electron chi connectivity index (χ2n) is 21.9. The van der Waals surface area contributed by atoms with Crippen molar-refractivity contribution in [2.24, 2.45) is 0 Å². The number of rotatable bonds is 10. The van der Waals surface area contributed by atoms with Crippen LogP contribution in [0.1, 0.15) is 80.4 Å². The van der Waals surface area contributed by atoms with Crippen molar-refractivity contribution in [3.05, 3.63) is 237 Å². The van der Waals surface area contributed by atoms with Gasteiger partial charge in [-0.2, -0.15) is 17.5 Å². The number of ketones is 4. The number of benzene rings is 10. The second kappa shape index (κ2) is 18.3. The summed E-state index contributed by atoms with van der Waals surface area (Å²) < 4.78 is 23.3. The highest BCUT2D eigenvalue weighted by molar-refractivity contribution is 7.15. The van der Waals surface area contributed by atoms with E-state index >= 15 is 0 Å². The highest BCUT2D eigenvalue weighted by Gasteiger charge is 2.35. The van der Waals surface area contributed by atoms with Gasteiger partial charge >= 0.3 is 0 Å². The topological polar surface area (TPSA) is 168 Å². The first kappa shape index (κ1) is 49.1. The van der Waals surface area contributed by atoms with Crippen LogP contribution in [0.5, 0.6) is 0 Å². The first-order chi connectivity index (χ1) is 42.2. The van der Waals surface area contributed by atoms with Crippen molar-refractivity contribution in [3.63, 3.8) is 0 Å². The predicted molar refractivity (Wildman–Crippen MR) is 348 cm³/mol. The molecule has 4 aliphatic rings. The molecule has 12 nitrogen and oxygen atoms in total. The summed E-state index contributed by atoms with van der Waals surface area (Å²) in [6, 6.07) is 56.8. The number of aromatic nitrogens is 4. The van der Waals surface area contributed by atoms with Crippen LogP contribution in [-0.4, -0.2) is 40.6 Å². The summed E-state index contributed by atoms with van der Waals surface area (Å²) in [6.07, 6.45) is 0.368. The fraction of sp³-hybridized carbons (Fsp3) is 0.0286. The van der Waals surface area contributed by atoms with Crippen LogP contribution in [-0.2, 0) is 6.42 Å². The molecule has 0 bridgehead atoms. The molecular weight excluding hydrogens is 1150 g/mol. The van der Waals surface area contributed by atoms with Gasteiger partial charge in [0.2, 0.25) is 0 Å². The van der Waals surface area contributed by atoms with Crippen LogP contribution in [0.4, 0.5) is 45.5 Å². The molecule has 10 aromatic carbocycles. The van der Waals surface area contributed by atoms with Gasteiger partial charge < -0.3 is 21.3 Å². The third-order valence-corrected chi connectivity index (χ3v) is 20.5. The lowest BCUT2D eigenvalue weighted by Gasteiger charge is -2.24. The maximum absolute atomic E-state index is 14.8. The molecule has 0 unspecified atom stereocenters. The number of fused-ring (bicyclic) bond motifs is 8. The van der Waals surface area contributed by atoms with Crippen molar-refractivity contribution in [3.8, 4) is 45.0 Å². The molecule has 406 valence electrons. The van der Waals surface area contributed by atoms with Gasteiger partial charge in [0.05, 0.1) is 86.6 Å². The minimum atomic E-state index is -0.0958. The molecule has 4 heterocycles. The zero-order valence-electron chi connectivity index (χ0n) is 45.0. The van der Waals surface area contributed by atoms with E-state index in [-0.39, 0.29) is 23.1 Å². The average Bonchev–Trinajstić information content (AvgIpc) is 1.73. The smallest absolute Gasteiger partial charge is 0.196 e. The zero-order valence-corrected chi connectivity index (χ0v) is 48.3. The van der Waals surface area contributed by atoms with Gasteiger partial charge in [-0.25, -0.2) is 0 Å². The number of nitrogens with zero attached hydrogens (tertiary/aromatic N) is 4. The van der Waals surface area contributed by atoms with E-state index in [1.807, 2.05) is 165 Å². The Morgan fingerprint density at radius 1 is 0.326 bits per heavy atom. The van der Waals surface area contributed by atoms with Crippen molar-refractivity contribution < 1.29 is 19.2 Å². The van der Waals surface area contributed by atoms with Gasteiger partial charge in [0, 0.05) is 88.8 Å². The minimum Gasteiger partial charge on any atom is -0.355 e. The van der Waals surface area contributed by atoms with Crippen LogP contribution in [0.2, 0.25) is 0 Å². The van der Waals surface area contributed by atoms with Crippen molar-refractivity contribution in [2.75, 3.05) is 21.3 Å². The van der Waals surface area contributed by atoms with E-state index in [1.54, 1.807) is 0 Å². The second-order valence-corrected chi connectivity index (χ2v) is 25.2. The van der Waals surface area contributed by atoms with E-state index in [4.69, 9.17) is 17.5 Å². The molecule has 0 aliphatic heterocycles. The summed E-state index contributed by atoms with van der Waals surface area (Å²) >= 11 is 5.55. The highest BCUT2D eigenvalue weighted by atomic mass is 32.1. The molecule has 86 heavy (non-hydrogen) atoms. The Balaban J connectivity index is 0.786. The molecule has 0 spiro atoms. The van der Waals surface area contributed by atoms with Crippen LogP contribution in [0, 0.1) is 6.92 Å². The largest absolute Gasteiger partial charge is 0.355 e. The fourth-order valence-corrected chi connectivity index (χ4v) is 16.5. The van der Waals surface area contributed by atoms with Gasteiger partial charge in [0.15, 0.2) is 23.1 Å². The molecule has 16 heteroatoms. The van der Waals surface area contributed by atoms with E-state index < -0.39 is 0 Å². The Hall–Kier alpha value is -10.4. The van der Waals surface area contributed by atoms with E-state index in [1.165, 1.54) is 46.1 Å². The van der Waals surface area contributed by atoms with Crippen molar-refractivity contribution >= 4 is 155 Å². The molecule has 0 fully saturated rings. The molecular formula is C70H38N8O4S4. The van der Waals surface area contributed by atoms with Gasteiger partial charge in [0.1, 0.15) is 0 Å². The Morgan fingerprint density at radius 3 is 1.00 bits per heavy atom. The molecule has 0 atom stereocenters. The lowest BCUT2D eigenvalue weighted by Crippen LogP contribution is -2.13. The maximum atomic E-state index is 14.8. The molecule has 0 saturated heterocycles. The quantitative estimate of drug-likeness (QED) is 0.102. The summed E-state index contributed by atoms with van der Waals surface area (Å²) in [7, 11) is 0. The minimum absolute atomic E-state index is 0.0772. The summed E-state index contributed by atoms with van der Waals surface area (Å²) in [4.78, 5) is 58.9. The van der Waals surface area contributed by atoms with Crippen LogP contribution < -0.4 is 21.3 Å². The Bertz CT molecular complexity index is 5310. The molecule has 0 saturated carbocycles. The van der Waals surface area contributed by atoms with Gasteiger partial charge in [0.25, 0.3) is 0 Å². The van der Waals surface area contributed by atoms with Crippen LogP contribution >= 0.6 is 46.1 Å². The third-order valence-electron chi connectivity index (χ3n) is 17.2. The lowest BCUT2D eigenvalue weighted by atomic mass is 9.86. The molecule has 4 aromatic heterocycles. The third kappa shape index (κ3) is 7.06. The van der Waals surface area contributed by atoms with Gasteiger partial charge in [-0.3, -0.25) is 19.2 Å². The summed E-state index contributed by atoms with van der Waals surface area (Å²) in [5.74, 6) is -0.342. The molecule has 0 amide bonds. The lowest BCUT2D eigenvalue weighted by molar-refractivity contribution is 0.103. The van der Waals surface area contributed by atoms with E-state index in [9.17, 15) is 19.2 Å². The highest BCUT2D eigenvalue weighted by Crippen LogP contribution is 2.49.